The minimum absolute atomic E-state index is 0.181. The fourth-order valence-electron chi connectivity index (χ4n) is 1.40. The van der Waals surface area contributed by atoms with Crippen LogP contribution in [0.4, 0.5) is 5.69 Å². The summed E-state index contributed by atoms with van der Waals surface area (Å²) in [7, 11) is 1.65. The van der Waals surface area contributed by atoms with Gasteiger partial charge in [-0.15, -0.1) is 0 Å². The zero-order chi connectivity index (χ0) is 11.7. The summed E-state index contributed by atoms with van der Waals surface area (Å²) in [6, 6.07) is 5.16. The van der Waals surface area contributed by atoms with Gasteiger partial charge in [0.2, 0.25) is 0 Å². The predicted octanol–water partition coefficient (Wildman–Crippen LogP) is 0.866. The van der Waals surface area contributed by atoms with E-state index >= 15 is 0 Å². The van der Waals surface area contributed by atoms with E-state index in [1.165, 1.54) is 15.6 Å². The van der Waals surface area contributed by atoms with E-state index in [1.807, 2.05) is 0 Å². The van der Waals surface area contributed by atoms with E-state index in [1.54, 1.807) is 25.2 Å². The second-order valence-electron chi connectivity index (χ2n) is 3.53. The molecule has 2 rings (SSSR count). The maximum Gasteiger partial charge on any atom is 0.345 e. The van der Waals surface area contributed by atoms with Gasteiger partial charge in [-0.25, -0.2) is 9.48 Å². The number of rotatable bonds is 2. The molecule has 1 aromatic carbocycles. The standard InChI is InChI=1S/C10H11ClN4O/c1-14-6-13-15(10(14)16)5-7-4-8(11)2-3-9(7)12/h2-4,6H,5,12H2,1H3. The first-order chi connectivity index (χ1) is 7.58. The Kier molecular flexibility index (Phi) is 2.70. The number of nitrogens with zero attached hydrogens (tertiary/aromatic N) is 3. The van der Waals surface area contributed by atoms with Gasteiger partial charge >= 0.3 is 5.69 Å². The Morgan fingerprint density at radius 1 is 1.50 bits per heavy atom. The third-order valence-electron chi connectivity index (χ3n) is 2.31. The summed E-state index contributed by atoms with van der Waals surface area (Å²) >= 11 is 5.86. The van der Waals surface area contributed by atoms with Crippen LogP contribution in [-0.4, -0.2) is 14.3 Å². The molecule has 0 unspecified atom stereocenters. The molecule has 0 bridgehead atoms. The Hall–Kier alpha value is -1.75. The number of anilines is 1. The Bertz CT molecular complexity index is 572. The lowest BCUT2D eigenvalue weighted by Gasteiger charge is -2.05. The Morgan fingerprint density at radius 3 is 2.88 bits per heavy atom. The number of hydrogen-bond acceptors (Lipinski definition) is 3. The van der Waals surface area contributed by atoms with Crippen LogP contribution in [0.1, 0.15) is 5.56 Å². The SMILES string of the molecule is Cn1cnn(Cc2cc(Cl)ccc2N)c1=O. The first-order valence-electron chi connectivity index (χ1n) is 4.70. The van der Waals surface area contributed by atoms with Crippen molar-refractivity contribution in [3.63, 3.8) is 0 Å². The van der Waals surface area contributed by atoms with Gasteiger partial charge in [-0.2, -0.15) is 5.10 Å². The van der Waals surface area contributed by atoms with Gasteiger partial charge in [0, 0.05) is 17.8 Å². The van der Waals surface area contributed by atoms with Crippen molar-refractivity contribution in [3.05, 3.63) is 45.6 Å². The average Bonchev–Trinajstić information content (AvgIpc) is 2.55. The second-order valence-corrected chi connectivity index (χ2v) is 3.96. The Balaban J connectivity index is 2.37. The van der Waals surface area contributed by atoms with Gasteiger partial charge in [-0.3, -0.25) is 4.57 Å². The first kappa shape index (κ1) is 10.8. The lowest BCUT2D eigenvalue weighted by atomic mass is 10.2. The lowest BCUT2D eigenvalue weighted by molar-refractivity contribution is 0.648. The molecule has 0 saturated heterocycles. The van der Waals surface area contributed by atoms with E-state index in [0.717, 1.165) is 5.56 Å². The Labute approximate surface area is 97.1 Å². The van der Waals surface area contributed by atoms with Crippen LogP contribution in [0.25, 0.3) is 0 Å². The van der Waals surface area contributed by atoms with E-state index in [2.05, 4.69) is 5.10 Å². The van der Waals surface area contributed by atoms with Crippen LogP contribution in [0.5, 0.6) is 0 Å². The van der Waals surface area contributed by atoms with Crippen molar-refractivity contribution >= 4 is 17.3 Å². The van der Waals surface area contributed by atoms with E-state index in [-0.39, 0.29) is 5.69 Å². The van der Waals surface area contributed by atoms with E-state index in [0.29, 0.717) is 17.3 Å². The molecule has 0 aliphatic carbocycles. The molecule has 1 aromatic heterocycles. The number of nitrogens with two attached hydrogens (primary N) is 1. The highest BCUT2D eigenvalue weighted by molar-refractivity contribution is 6.30. The normalized spacial score (nSPS) is 10.6. The van der Waals surface area contributed by atoms with Crippen molar-refractivity contribution in [1.29, 1.82) is 0 Å². The maximum atomic E-state index is 11.6. The molecule has 0 amide bonds. The van der Waals surface area contributed by atoms with E-state index in [9.17, 15) is 4.79 Å². The summed E-state index contributed by atoms with van der Waals surface area (Å²) in [5.74, 6) is 0. The summed E-state index contributed by atoms with van der Waals surface area (Å²) in [6.07, 6.45) is 1.46. The van der Waals surface area contributed by atoms with Crippen molar-refractivity contribution in [3.8, 4) is 0 Å². The topological polar surface area (TPSA) is 65.8 Å². The highest BCUT2D eigenvalue weighted by Gasteiger charge is 2.05. The quantitative estimate of drug-likeness (QED) is 0.790. The van der Waals surface area contributed by atoms with Crippen molar-refractivity contribution in [1.82, 2.24) is 14.3 Å². The minimum Gasteiger partial charge on any atom is -0.398 e. The fourth-order valence-corrected chi connectivity index (χ4v) is 1.60. The maximum absolute atomic E-state index is 11.6. The van der Waals surface area contributed by atoms with Crippen LogP contribution in [0, 0.1) is 0 Å². The van der Waals surface area contributed by atoms with Gasteiger partial charge in [-0.1, -0.05) is 11.6 Å². The number of aromatic nitrogens is 3. The molecule has 1 heterocycles. The number of hydrogen-bond donors (Lipinski definition) is 1. The minimum atomic E-state index is -0.181. The highest BCUT2D eigenvalue weighted by atomic mass is 35.5. The van der Waals surface area contributed by atoms with Crippen LogP contribution in [0.15, 0.2) is 29.3 Å². The summed E-state index contributed by atoms with van der Waals surface area (Å²) < 4.78 is 2.74. The van der Waals surface area contributed by atoms with Crippen LogP contribution < -0.4 is 11.4 Å². The number of aryl methyl sites for hydroxylation is 1. The van der Waals surface area contributed by atoms with Crippen molar-refractivity contribution in [2.24, 2.45) is 7.05 Å². The lowest BCUT2D eigenvalue weighted by Crippen LogP contribution is -2.23. The molecule has 0 saturated carbocycles. The second kappa shape index (κ2) is 4.02. The van der Waals surface area contributed by atoms with Crippen LogP contribution in [-0.2, 0) is 13.6 Å². The first-order valence-corrected chi connectivity index (χ1v) is 5.08. The zero-order valence-corrected chi connectivity index (χ0v) is 9.48. The molecule has 5 nitrogen and oxygen atoms in total. The summed E-state index contributed by atoms with van der Waals surface area (Å²) in [6.45, 7) is 0.325. The number of nitrogen functional groups attached to an aromatic ring is 1. The molecule has 2 N–H and O–H groups in total. The molecule has 0 radical (unpaired) electrons. The monoisotopic (exact) mass is 238 g/mol. The molecule has 84 valence electrons. The highest BCUT2D eigenvalue weighted by Crippen LogP contribution is 2.18. The predicted molar refractivity (Wildman–Crippen MR) is 62.4 cm³/mol. The number of halogens is 1. The van der Waals surface area contributed by atoms with E-state index in [4.69, 9.17) is 17.3 Å². The van der Waals surface area contributed by atoms with Gasteiger partial charge in [0.1, 0.15) is 6.33 Å². The third kappa shape index (κ3) is 1.94. The van der Waals surface area contributed by atoms with Gasteiger partial charge in [0.15, 0.2) is 0 Å². The molecule has 0 spiro atoms. The zero-order valence-electron chi connectivity index (χ0n) is 8.72. The third-order valence-corrected chi connectivity index (χ3v) is 2.55. The molecule has 16 heavy (non-hydrogen) atoms. The average molecular weight is 239 g/mol. The molecule has 0 fully saturated rings. The van der Waals surface area contributed by atoms with Gasteiger partial charge in [0.25, 0.3) is 0 Å². The van der Waals surface area contributed by atoms with Gasteiger partial charge in [0.05, 0.1) is 6.54 Å². The largest absolute Gasteiger partial charge is 0.398 e. The summed E-state index contributed by atoms with van der Waals surface area (Å²) in [4.78, 5) is 11.6. The molecule has 0 aliphatic heterocycles. The van der Waals surface area contributed by atoms with Crippen molar-refractivity contribution in [2.45, 2.75) is 6.54 Å². The van der Waals surface area contributed by atoms with Crippen LogP contribution in [0.2, 0.25) is 5.02 Å². The molecular weight excluding hydrogens is 228 g/mol. The van der Waals surface area contributed by atoms with Crippen LogP contribution >= 0.6 is 11.6 Å². The van der Waals surface area contributed by atoms with E-state index < -0.39 is 0 Å². The fraction of sp³-hybridized carbons (Fsp3) is 0.200. The molecule has 0 aliphatic rings. The smallest absolute Gasteiger partial charge is 0.345 e. The Morgan fingerprint density at radius 2 is 2.25 bits per heavy atom. The van der Waals surface area contributed by atoms with Crippen LogP contribution in [0.3, 0.4) is 0 Å². The summed E-state index contributed by atoms with van der Waals surface area (Å²) in [5, 5.41) is 4.54. The summed E-state index contributed by atoms with van der Waals surface area (Å²) in [5.41, 5.74) is 6.99. The van der Waals surface area contributed by atoms with Crippen molar-refractivity contribution in [2.75, 3.05) is 5.73 Å². The molecule has 6 heteroatoms. The molecule has 2 aromatic rings. The van der Waals surface area contributed by atoms with Gasteiger partial charge in [-0.05, 0) is 23.8 Å². The van der Waals surface area contributed by atoms with Crippen molar-refractivity contribution < 1.29 is 0 Å². The van der Waals surface area contributed by atoms with Gasteiger partial charge < -0.3 is 5.73 Å². The molecule has 0 atom stereocenters. The molecular formula is C10H11ClN4O. The number of benzene rings is 1.